The van der Waals surface area contributed by atoms with E-state index < -0.39 is 0 Å². The summed E-state index contributed by atoms with van der Waals surface area (Å²) in [5.74, 6) is 2.77. The highest BCUT2D eigenvalue weighted by molar-refractivity contribution is 7.99. The van der Waals surface area contributed by atoms with Crippen LogP contribution in [0.2, 0.25) is 5.02 Å². The number of nitrogens with zero attached hydrogens (tertiary/aromatic N) is 3. The first-order valence-electron chi connectivity index (χ1n) is 9.93. The first-order valence-corrected chi connectivity index (χ1v) is 11.3. The summed E-state index contributed by atoms with van der Waals surface area (Å²) in [6.07, 6.45) is 1.84. The Bertz CT molecular complexity index is 781. The van der Waals surface area contributed by atoms with Gasteiger partial charge < -0.3 is 20.3 Å². The van der Waals surface area contributed by atoms with Gasteiger partial charge in [-0.05, 0) is 37.3 Å². The van der Waals surface area contributed by atoms with Crippen molar-refractivity contribution in [2.75, 3.05) is 50.0 Å². The molecule has 0 atom stereocenters. The fourth-order valence-electron chi connectivity index (χ4n) is 2.99. The lowest BCUT2D eigenvalue weighted by Crippen LogP contribution is -2.38. The topological polar surface area (TPSA) is 61.8 Å². The summed E-state index contributed by atoms with van der Waals surface area (Å²) >= 11 is 7.73. The summed E-state index contributed by atoms with van der Waals surface area (Å²) in [6.45, 7) is 7.52. The summed E-state index contributed by atoms with van der Waals surface area (Å²) in [6, 6.07) is 12.0. The Balaban J connectivity index is 1.54. The van der Waals surface area contributed by atoms with Gasteiger partial charge >= 0.3 is 0 Å². The molecule has 0 bridgehead atoms. The largest absolute Gasteiger partial charge is 0.378 e. The van der Waals surface area contributed by atoms with Gasteiger partial charge in [0.15, 0.2) is 5.96 Å². The minimum Gasteiger partial charge on any atom is -0.378 e. The summed E-state index contributed by atoms with van der Waals surface area (Å²) in [7, 11) is 0. The van der Waals surface area contributed by atoms with Crippen molar-refractivity contribution < 1.29 is 4.74 Å². The molecule has 1 aliphatic heterocycles. The number of halogens is 1. The summed E-state index contributed by atoms with van der Waals surface area (Å²) < 4.78 is 5.46. The van der Waals surface area contributed by atoms with Crippen molar-refractivity contribution in [2.45, 2.75) is 18.4 Å². The molecule has 0 aliphatic carbocycles. The number of morpholine rings is 1. The number of nitrogens with one attached hydrogen (secondary N) is 2. The van der Waals surface area contributed by atoms with Gasteiger partial charge in [-0.15, -0.1) is 11.8 Å². The van der Waals surface area contributed by atoms with Gasteiger partial charge in [-0.25, -0.2) is 9.98 Å². The van der Waals surface area contributed by atoms with E-state index in [0.717, 1.165) is 67.5 Å². The first-order chi connectivity index (χ1) is 14.3. The highest BCUT2D eigenvalue weighted by Crippen LogP contribution is 2.20. The maximum absolute atomic E-state index is 5.94. The van der Waals surface area contributed by atoms with Crippen molar-refractivity contribution in [1.82, 2.24) is 15.6 Å². The number of ether oxygens (including phenoxy) is 1. The molecule has 0 spiro atoms. The van der Waals surface area contributed by atoms with Crippen molar-refractivity contribution in [1.29, 1.82) is 0 Å². The fraction of sp³-hybridized carbons (Fsp3) is 0.429. The Kier molecular flexibility index (Phi) is 8.92. The smallest absolute Gasteiger partial charge is 0.191 e. The number of benzene rings is 1. The molecule has 3 rings (SSSR count). The van der Waals surface area contributed by atoms with Crippen LogP contribution in [0, 0.1) is 0 Å². The number of guanidine groups is 1. The molecule has 29 heavy (non-hydrogen) atoms. The number of aliphatic imine (C=N–C) groups is 1. The molecule has 2 aromatic rings. The number of anilines is 1. The maximum Gasteiger partial charge on any atom is 0.191 e. The van der Waals surface area contributed by atoms with Gasteiger partial charge in [-0.3, -0.25) is 0 Å². The number of pyridine rings is 1. The molecule has 1 aliphatic rings. The van der Waals surface area contributed by atoms with Crippen LogP contribution >= 0.6 is 23.4 Å². The molecule has 6 nitrogen and oxygen atoms in total. The summed E-state index contributed by atoms with van der Waals surface area (Å²) in [5.41, 5.74) is 1.13. The van der Waals surface area contributed by atoms with E-state index in [-0.39, 0.29) is 0 Å². The second-order valence-corrected chi connectivity index (χ2v) is 8.11. The van der Waals surface area contributed by atoms with E-state index >= 15 is 0 Å². The third kappa shape index (κ3) is 7.10. The van der Waals surface area contributed by atoms with Crippen molar-refractivity contribution in [3.63, 3.8) is 0 Å². The van der Waals surface area contributed by atoms with Crippen molar-refractivity contribution in [3.8, 4) is 0 Å². The van der Waals surface area contributed by atoms with Crippen molar-refractivity contribution in [2.24, 2.45) is 4.99 Å². The average molecular weight is 434 g/mol. The monoisotopic (exact) mass is 433 g/mol. The Morgan fingerprint density at radius 3 is 2.76 bits per heavy atom. The third-order valence-electron chi connectivity index (χ3n) is 4.41. The van der Waals surface area contributed by atoms with E-state index in [0.29, 0.717) is 6.54 Å². The Labute approximate surface area is 182 Å². The number of rotatable bonds is 8. The van der Waals surface area contributed by atoms with Crippen LogP contribution in [0.5, 0.6) is 0 Å². The zero-order valence-corrected chi connectivity index (χ0v) is 18.3. The molecule has 1 saturated heterocycles. The lowest BCUT2D eigenvalue weighted by Gasteiger charge is -2.29. The summed E-state index contributed by atoms with van der Waals surface area (Å²) in [4.78, 5) is 12.8. The van der Waals surface area contributed by atoms with Gasteiger partial charge in [0.25, 0.3) is 0 Å². The van der Waals surface area contributed by atoms with E-state index in [1.165, 1.54) is 4.90 Å². The van der Waals surface area contributed by atoms with Gasteiger partial charge in [-0.2, -0.15) is 0 Å². The van der Waals surface area contributed by atoms with Crippen LogP contribution < -0.4 is 15.5 Å². The molecule has 156 valence electrons. The zero-order valence-electron chi connectivity index (χ0n) is 16.7. The predicted molar refractivity (Wildman–Crippen MR) is 122 cm³/mol. The number of hydrogen-bond acceptors (Lipinski definition) is 5. The van der Waals surface area contributed by atoms with E-state index in [9.17, 15) is 0 Å². The fourth-order valence-corrected chi connectivity index (χ4v) is 3.88. The van der Waals surface area contributed by atoms with Gasteiger partial charge in [-0.1, -0.05) is 17.7 Å². The van der Waals surface area contributed by atoms with Gasteiger partial charge in [0.1, 0.15) is 5.82 Å². The normalized spacial score (nSPS) is 14.7. The number of aromatic nitrogens is 1. The Morgan fingerprint density at radius 1 is 1.21 bits per heavy atom. The first kappa shape index (κ1) is 21.7. The molecule has 1 aromatic heterocycles. The third-order valence-corrected chi connectivity index (χ3v) is 5.67. The number of thioether (sulfide) groups is 1. The second kappa shape index (κ2) is 11.9. The minimum atomic E-state index is 0.584. The van der Waals surface area contributed by atoms with Crippen LogP contribution in [0.3, 0.4) is 0 Å². The highest BCUT2D eigenvalue weighted by atomic mass is 35.5. The molecule has 8 heteroatoms. The minimum absolute atomic E-state index is 0.584. The molecule has 2 N–H and O–H groups in total. The Morgan fingerprint density at radius 2 is 2.00 bits per heavy atom. The van der Waals surface area contributed by atoms with Gasteiger partial charge in [0.2, 0.25) is 0 Å². The molecule has 0 unspecified atom stereocenters. The van der Waals surface area contributed by atoms with Crippen LogP contribution in [0.15, 0.2) is 52.5 Å². The standard InChI is InChI=1S/C21H28ClN5OS/c1-2-23-21(25-10-15-29-19-7-5-18(22)6-8-19)26-16-17-4-3-9-24-20(17)27-11-13-28-14-12-27/h3-9H,2,10-16H2,1H3,(H2,23,25,26). The van der Waals surface area contributed by atoms with Crippen LogP contribution in [-0.2, 0) is 11.3 Å². The SMILES string of the molecule is CCNC(=NCc1cccnc1N1CCOCC1)NCCSc1ccc(Cl)cc1. The zero-order chi connectivity index (χ0) is 20.3. The van der Waals surface area contributed by atoms with Crippen molar-refractivity contribution in [3.05, 3.63) is 53.2 Å². The number of hydrogen-bond donors (Lipinski definition) is 2. The van der Waals surface area contributed by atoms with Gasteiger partial charge in [0.05, 0.1) is 19.8 Å². The summed E-state index contributed by atoms with van der Waals surface area (Å²) in [5, 5.41) is 7.49. The molecule has 0 radical (unpaired) electrons. The lowest BCUT2D eigenvalue weighted by atomic mass is 10.2. The van der Waals surface area contributed by atoms with Crippen LogP contribution in [0.4, 0.5) is 5.82 Å². The van der Waals surface area contributed by atoms with Crippen molar-refractivity contribution >= 4 is 35.1 Å². The van der Waals surface area contributed by atoms with Gasteiger partial charge in [0, 0.05) is 53.6 Å². The highest BCUT2D eigenvalue weighted by Gasteiger charge is 2.15. The van der Waals surface area contributed by atoms with E-state index in [2.05, 4.69) is 33.5 Å². The average Bonchev–Trinajstić information content (AvgIpc) is 2.77. The maximum atomic E-state index is 5.94. The molecule has 0 saturated carbocycles. The quantitative estimate of drug-likeness (QED) is 0.288. The van der Waals surface area contributed by atoms with E-state index in [1.54, 1.807) is 11.8 Å². The molecule has 1 aromatic carbocycles. The van der Waals surface area contributed by atoms with E-state index in [1.807, 2.05) is 36.5 Å². The Hall–Kier alpha value is -1.96. The molecule has 2 heterocycles. The predicted octanol–water partition coefficient (Wildman–Crippen LogP) is 3.42. The molecular weight excluding hydrogens is 406 g/mol. The van der Waals surface area contributed by atoms with E-state index in [4.69, 9.17) is 21.3 Å². The lowest BCUT2D eigenvalue weighted by molar-refractivity contribution is 0.122. The van der Waals surface area contributed by atoms with Crippen LogP contribution in [-0.4, -0.2) is 56.1 Å². The van der Waals surface area contributed by atoms with Crippen LogP contribution in [0.1, 0.15) is 12.5 Å². The second-order valence-electron chi connectivity index (χ2n) is 6.51. The molecule has 0 amide bonds. The molecule has 1 fully saturated rings. The van der Waals surface area contributed by atoms with Crippen LogP contribution in [0.25, 0.3) is 0 Å². The molecular formula is C21H28ClN5OS.